The molecule has 1 fully saturated rings. The van der Waals surface area contributed by atoms with Gasteiger partial charge in [0, 0.05) is 57.9 Å². The Morgan fingerprint density at radius 1 is 1.50 bits per heavy atom. The third kappa shape index (κ3) is 4.14. The van der Waals surface area contributed by atoms with Crippen LogP contribution in [0, 0.1) is 0 Å². The number of hydrogen-bond donors (Lipinski definition) is 1. The first kappa shape index (κ1) is 16.5. The minimum absolute atomic E-state index is 0.0388. The Bertz CT molecular complexity index is 649. The van der Waals surface area contributed by atoms with Gasteiger partial charge in [0.25, 0.3) is 0 Å². The fourth-order valence-corrected chi connectivity index (χ4v) is 2.86. The summed E-state index contributed by atoms with van der Waals surface area (Å²) in [6, 6.07) is 0. The fraction of sp³-hybridized carbons (Fsp3) is 0.562. The zero-order valence-corrected chi connectivity index (χ0v) is 14.3. The van der Waals surface area contributed by atoms with Crippen molar-refractivity contribution in [2.45, 2.75) is 19.1 Å². The number of nitrogens with one attached hydrogen (secondary N) is 1. The van der Waals surface area contributed by atoms with Crippen LogP contribution in [0.4, 0.5) is 0 Å². The molecule has 130 valence electrons. The number of hydrogen-bond acceptors (Lipinski definition) is 4. The van der Waals surface area contributed by atoms with E-state index in [2.05, 4.69) is 29.9 Å². The van der Waals surface area contributed by atoms with Gasteiger partial charge in [-0.15, -0.1) is 0 Å². The molecule has 0 spiro atoms. The average molecular weight is 331 g/mol. The Hall–Kier alpha value is -2.35. The van der Waals surface area contributed by atoms with E-state index < -0.39 is 0 Å². The van der Waals surface area contributed by atoms with E-state index in [0.29, 0.717) is 6.61 Å². The second-order valence-electron chi connectivity index (χ2n) is 5.88. The summed E-state index contributed by atoms with van der Waals surface area (Å²) in [7, 11) is 3.75. The topological polar surface area (TPSA) is 72.5 Å². The molecule has 0 aliphatic carbocycles. The van der Waals surface area contributed by atoms with Crippen molar-refractivity contribution in [3.63, 3.8) is 0 Å². The van der Waals surface area contributed by atoms with Crippen LogP contribution in [-0.2, 0) is 18.3 Å². The lowest BCUT2D eigenvalue weighted by Crippen LogP contribution is -2.48. The van der Waals surface area contributed by atoms with Gasteiger partial charge in [0.15, 0.2) is 5.96 Å². The Labute approximate surface area is 142 Å². The molecule has 3 heterocycles. The molecule has 1 N–H and O–H groups in total. The standard InChI is InChI=1S/C16H25N7O/c1-17-16(19-4-3-6-22-7-5-18-13-22)23-8-9-24-15(12-23)14-10-20-21(2)11-14/h5,7,10-11,13,15H,3-4,6,8-9,12H2,1-2H3,(H,17,19). The molecule has 8 nitrogen and oxygen atoms in total. The van der Waals surface area contributed by atoms with Crippen molar-refractivity contribution < 1.29 is 4.74 Å². The van der Waals surface area contributed by atoms with Gasteiger partial charge in [-0.1, -0.05) is 0 Å². The van der Waals surface area contributed by atoms with Crippen molar-refractivity contribution in [1.82, 2.24) is 29.5 Å². The predicted molar refractivity (Wildman–Crippen MR) is 91.7 cm³/mol. The van der Waals surface area contributed by atoms with E-state index in [-0.39, 0.29) is 6.10 Å². The Balaban J connectivity index is 1.49. The van der Waals surface area contributed by atoms with Gasteiger partial charge in [-0.25, -0.2) is 4.98 Å². The molecule has 1 aliphatic rings. The zero-order valence-electron chi connectivity index (χ0n) is 14.3. The van der Waals surface area contributed by atoms with Crippen LogP contribution >= 0.6 is 0 Å². The molecule has 8 heteroatoms. The number of nitrogens with zero attached hydrogens (tertiary/aromatic N) is 6. The Morgan fingerprint density at radius 3 is 3.12 bits per heavy atom. The summed E-state index contributed by atoms with van der Waals surface area (Å²) in [4.78, 5) is 10.7. The van der Waals surface area contributed by atoms with Crippen molar-refractivity contribution in [1.29, 1.82) is 0 Å². The number of guanidine groups is 1. The highest BCUT2D eigenvalue weighted by Crippen LogP contribution is 2.21. The lowest BCUT2D eigenvalue weighted by atomic mass is 10.1. The molecule has 0 bridgehead atoms. The molecule has 2 aromatic heterocycles. The lowest BCUT2D eigenvalue weighted by molar-refractivity contribution is -0.00802. The number of aromatic nitrogens is 4. The van der Waals surface area contributed by atoms with Crippen LogP contribution in [-0.4, -0.2) is 63.5 Å². The minimum Gasteiger partial charge on any atom is -0.370 e. The predicted octanol–water partition coefficient (Wildman–Crippen LogP) is 0.656. The van der Waals surface area contributed by atoms with E-state index in [4.69, 9.17) is 4.74 Å². The van der Waals surface area contributed by atoms with Crippen LogP contribution in [0.5, 0.6) is 0 Å². The molecule has 2 aromatic rings. The molecule has 1 aliphatic heterocycles. The first-order chi connectivity index (χ1) is 11.8. The summed E-state index contributed by atoms with van der Waals surface area (Å²) in [5, 5.41) is 7.68. The van der Waals surface area contributed by atoms with Gasteiger partial charge in [0.2, 0.25) is 0 Å². The quantitative estimate of drug-likeness (QED) is 0.495. The SMILES string of the molecule is CN=C(NCCCn1ccnc1)N1CCOC(c2cnn(C)c2)C1. The van der Waals surface area contributed by atoms with Crippen LogP contribution < -0.4 is 5.32 Å². The van der Waals surface area contributed by atoms with Crippen LogP contribution in [0.2, 0.25) is 0 Å². The second kappa shape index (κ2) is 7.96. The summed E-state index contributed by atoms with van der Waals surface area (Å²) in [5.41, 5.74) is 1.11. The van der Waals surface area contributed by atoms with E-state index in [0.717, 1.165) is 44.1 Å². The highest BCUT2D eigenvalue weighted by molar-refractivity contribution is 5.80. The highest BCUT2D eigenvalue weighted by atomic mass is 16.5. The van der Waals surface area contributed by atoms with Gasteiger partial charge in [-0.3, -0.25) is 9.67 Å². The monoisotopic (exact) mass is 331 g/mol. The molecule has 0 radical (unpaired) electrons. The number of imidazole rings is 1. The molecule has 0 saturated carbocycles. The van der Waals surface area contributed by atoms with Gasteiger partial charge in [0.1, 0.15) is 6.10 Å². The van der Waals surface area contributed by atoms with Gasteiger partial charge in [-0.05, 0) is 6.42 Å². The van der Waals surface area contributed by atoms with Crippen LogP contribution in [0.15, 0.2) is 36.1 Å². The van der Waals surface area contributed by atoms with Crippen molar-refractivity contribution >= 4 is 5.96 Å². The molecular weight excluding hydrogens is 306 g/mol. The summed E-state index contributed by atoms with van der Waals surface area (Å²) in [6.45, 7) is 4.14. The van der Waals surface area contributed by atoms with E-state index in [9.17, 15) is 0 Å². The molecule has 3 rings (SSSR count). The summed E-state index contributed by atoms with van der Waals surface area (Å²) < 4.78 is 9.78. The van der Waals surface area contributed by atoms with Crippen LogP contribution in [0.25, 0.3) is 0 Å². The van der Waals surface area contributed by atoms with Crippen molar-refractivity contribution in [3.8, 4) is 0 Å². The number of aliphatic imine (C=N–C) groups is 1. The Kier molecular flexibility index (Phi) is 5.47. The maximum absolute atomic E-state index is 5.89. The number of ether oxygens (including phenoxy) is 1. The van der Waals surface area contributed by atoms with Crippen molar-refractivity contribution in [2.24, 2.45) is 12.0 Å². The van der Waals surface area contributed by atoms with E-state index in [1.54, 1.807) is 10.9 Å². The lowest BCUT2D eigenvalue weighted by Gasteiger charge is -2.34. The molecule has 1 unspecified atom stereocenters. The first-order valence-corrected chi connectivity index (χ1v) is 8.28. The molecule has 0 amide bonds. The molecule has 0 aromatic carbocycles. The first-order valence-electron chi connectivity index (χ1n) is 8.28. The van der Waals surface area contributed by atoms with Crippen LogP contribution in [0.1, 0.15) is 18.1 Å². The largest absolute Gasteiger partial charge is 0.370 e. The van der Waals surface area contributed by atoms with E-state index in [1.165, 1.54) is 0 Å². The van der Waals surface area contributed by atoms with Crippen molar-refractivity contribution in [2.75, 3.05) is 33.3 Å². The number of aryl methyl sites for hydroxylation is 2. The molecule has 1 saturated heterocycles. The molecule has 1 atom stereocenters. The Morgan fingerprint density at radius 2 is 2.42 bits per heavy atom. The summed E-state index contributed by atoms with van der Waals surface area (Å²) >= 11 is 0. The van der Waals surface area contributed by atoms with Gasteiger partial charge in [-0.2, -0.15) is 5.10 Å². The normalized spacial score (nSPS) is 18.8. The third-order valence-electron chi connectivity index (χ3n) is 4.11. The number of morpholine rings is 1. The number of rotatable bonds is 5. The summed E-state index contributed by atoms with van der Waals surface area (Å²) in [6.07, 6.45) is 10.6. The zero-order chi connectivity index (χ0) is 16.8. The maximum atomic E-state index is 5.89. The smallest absolute Gasteiger partial charge is 0.193 e. The summed E-state index contributed by atoms with van der Waals surface area (Å²) in [5.74, 6) is 0.929. The van der Waals surface area contributed by atoms with Gasteiger partial charge < -0.3 is 19.5 Å². The van der Waals surface area contributed by atoms with Gasteiger partial charge >= 0.3 is 0 Å². The van der Waals surface area contributed by atoms with Crippen LogP contribution in [0.3, 0.4) is 0 Å². The maximum Gasteiger partial charge on any atom is 0.193 e. The highest BCUT2D eigenvalue weighted by Gasteiger charge is 2.24. The molecular formula is C16H25N7O. The minimum atomic E-state index is 0.0388. The molecule has 24 heavy (non-hydrogen) atoms. The second-order valence-corrected chi connectivity index (χ2v) is 5.88. The fourth-order valence-electron chi connectivity index (χ4n) is 2.86. The van der Waals surface area contributed by atoms with E-state index in [1.807, 2.05) is 39.0 Å². The van der Waals surface area contributed by atoms with Crippen molar-refractivity contribution in [3.05, 3.63) is 36.7 Å². The van der Waals surface area contributed by atoms with E-state index >= 15 is 0 Å². The third-order valence-corrected chi connectivity index (χ3v) is 4.11. The van der Waals surface area contributed by atoms with Gasteiger partial charge in [0.05, 0.1) is 25.7 Å². The average Bonchev–Trinajstić information content (AvgIpc) is 3.27.